The second kappa shape index (κ2) is 12.8. The summed E-state index contributed by atoms with van der Waals surface area (Å²) in [6.45, 7) is 8.76. The molecule has 0 aliphatic carbocycles. The van der Waals surface area contributed by atoms with Crippen molar-refractivity contribution in [3.05, 3.63) is 57.6 Å². The highest BCUT2D eigenvalue weighted by Gasteiger charge is 2.27. The molecule has 1 N–H and O–H groups in total. The summed E-state index contributed by atoms with van der Waals surface area (Å²) < 4.78 is 49.5. The number of esters is 1. The highest BCUT2D eigenvalue weighted by Crippen LogP contribution is 2.35. The van der Waals surface area contributed by atoms with E-state index in [0.29, 0.717) is 58.6 Å². The third-order valence-electron chi connectivity index (χ3n) is 7.09. The van der Waals surface area contributed by atoms with Gasteiger partial charge in [0.25, 0.3) is 5.91 Å². The predicted octanol–water partition coefficient (Wildman–Crippen LogP) is 8.29. The molecule has 220 valence electrons. The first-order chi connectivity index (χ1) is 19.3. The van der Waals surface area contributed by atoms with Gasteiger partial charge in [-0.05, 0) is 56.2 Å². The van der Waals surface area contributed by atoms with Gasteiger partial charge in [0, 0.05) is 40.5 Å². The van der Waals surface area contributed by atoms with Crippen LogP contribution in [0.4, 0.5) is 24.7 Å². The number of pyridine rings is 1. The molecule has 0 radical (unpaired) electrons. The SMILES string of the molecule is Cc1c(N2CCCC(F)C2)nc2ccc(Br)cc2c1C(=O)Nc1c(F)cc(F)cc1OC(=O)CCCCC(C)(C)C. The number of nitrogens with zero attached hydrogens (tertiary/aromatic N) is 2. The normalized spacial score (nSPS) is 15.7. The predicted molar refractivity (Wildman–Crippen MR) is 158 cm³/mol. The highest BCUT2D eigenvalue weighted by atomic mass is 79.9. The number of aromatic nitrogens is 1. The van der Waals surface area contributed by atoms with Crippen LogP contribution < -0.4 is 15.0 Å². The minimum absolute atomic E-state index is 0.0679. The lowest BCUT2D eigenvalue weighted by molar-refractivity contribution is -0.134. The van der Waals surface area contributed by atoms with Crippen LogP contribution >= 0.6 is 15.9 Å². The maximum atomic E-state index is 15.1. The van der Waals surface area contributed by atoms with Crippen molar-refractivity contribution in [1.29, 1.82) is 0 Å². The van der Waals surface area contributed by atoms with Crippen molar-refractivity contribution in [2.45, 2.75) is 72.4 Å². The molecule has 0 bridgehead atoms. The largest absolute Gasteiger partial charge is 0.424 e. The lowest BCUT2D eigenvalue weighted by atomic mass is 9.89. The van der Waals surface area contributed by atoms with Gasteiger partial charge in [-0.3, -0.25) is 9.59 Å². The van der Waals surface area contributed by atoms with Crippen molar-refractivity contribution in [1.82, 2.24) is 4.98 Å². The van der Waals surface area contributed by atoms with Crippen molar-refractivity contribution < 1.29 is 27.5 Å². The van der Waals surface area contributed by atoms with E-state index in [1.807, 2.05) is 4.90 Å². The van der Waals surface area contributed by atoms with E-state index in [-0.39, 0.29) is 23.9 Å². The summed E-state index contributed by atoms with van der Waals surface area (Å²) in [5.41, 5.74) is 0.875. The molecule has 1 unspecified atom stereocenters. The van der Waals surface area contributed by atoms with Crippen LogP contribution in [0.2, 0.25) is 0 Å². The Kier molecular flexibility index (Phi) is 9.62. The number of unbranched alkanes of at least 4 members (excludes halogenated alkanes) is 1. The van der Waals surface area contributed by atoms with E-state index in [1.54, 1.807) is 25.1 Å². The topological polar surface area (TPSA) is 71.5 Å². The summed E-state index contributed by atoms with van der Waals surface area (Å²) >= 11 is 3.43. The number of nitrogens with one attached hydrogen (secondary N) is 1. The molecule has 1 aliphatic heterocycles. The molecule has 10 heteroatoms. The Hall–Kier alpha value is -3.14. The van der Waals surface area contributed by atoms with Gasteiger partial charge >= 0.3 is 5.97 Å². The van der Waals surface area contributed by atoms with Crippen LogP contribution in [0.15, 0.2) is 34.8 Å². The molecule has 6 nitrogen and oxygen atoms in total. The fourth-order valence-corrected chi connectivity index (χ4v) is 5.42. The number of amides is 1. The number of carbonyl (C=O) groups excluding carboxylic acids is 2. The van der Waals surface area contributed by atoms with Gasteiger partial charge in [-0.15, -0.1) is 0 Å². The molecule has 1 amide bonds. The first-order valence-electron chi connectivity index (χ1n) is 13.8. The van der Waals surface area contributed by atoms with E-state index in [4.69, 9.17) is 9.72 Å². The summed E-state index contributed by atoms with van der Waals surface area (Å²) in [5.74, 6) is -3.32. The van der Waals surface area contributed by atoms with Crippen molar-refractivity contribution in [3.63, 3.8) is 0 Å². The molecule has 1 aromatic heterocycles. The minimum atomic E-state index is -1.08. The number of piperidine rings is 1. The van der Waals surface area contributed by atoms with E-state index in [0.717, 1.165) is 18.9 Å². The third-order valence-corrected chi connectivity index (χ3v) is 7.59. The zero-order chi connectivity index (χ0) is 29.9. The Morgan fingerprint density at radius 2 is 1.93 bits per heavy atom. The number of carbonyl (C=O) groups is 2. The molecule has 41 heavy (non-hydrogen) atoms. The Balaban J connectivity index is 1.65. The molecule has 4 rings (SSSR count). The van der Waals surface area contributed by atoms with Crippen LogP contribution in [0.1, 0.15) is 75.2 Å². The fraction of sp³-hybridized carbons (Fsp3) is 0.452. The lowest BCUT2D eigenvalue weighted by Crippen LogP contribution is -2.37. The number of hydrogen-bond donors (Lipinski definition) is 1. The Bertz CT molecular complexity index is 1460. The monoisotopic (exact) mass is 633 g/mol. The highest BCUT2D eigenvalue weighted by molar-refractivity contribution is 9.10. The van der Waals surface area contributed by atoms with Crippen LogP contribution in [0, 0.1) is 24.0 Å². The summed E-state index contributed by atoms with van der Waals surface area (Å²) in [4.78, 5) is 32.9. The zero-order valence-electron chi connectivity index (χ0n) is 23.8. The first-order valence-corrected chi connectivity index (χ1v) is 14.6. The molecular formula is C31H35BrF3N3O3. The molecular weight excluding hydrogens is 599 g/mol. The number of fused-ring (bicyclic) bond motifs is 1. The van der Waals surface area contributed by atoms with Crippen molar-refractivity contribution in [2.75, 3.05) is 23.3 Å². The molecule has 1 fully saturated rings. The van der Waals surface area contributed by atoms with Gasteiger partial charge in [0.15, 0.2) is 11.6 Å². The number of rotatable bonds is 8. The maximum Gasteiger partial charge on any atom is 0.311 e. The molecule has 0 spiro atoms. The number of hydrogen-bond acceptors (Lipinski definition) is 5. The lowest BCUT2D eigenvalue weighted by Gasteiger charge is -2.32. The van der Waals surface area contributed by atoms with Gasteiger partial charge < -0.3 is 15.0 Å². The summed E-state index contributed by atoms with van der Waals surface area (Å²) in [5, 5.41) is 3.01. The Labute approximate surface area is 246 Å². The summed E-state index contributed by atoms with van der Waals surface area (Å²) in [6, 6.07) is 6.73. The molecule has 1 saturated heterocycles. The quantitative estimate of drug-likeness (QED) is 0.153. The maximum absolute atomic E-state index is 15.1. The van der Waals surface area contributed by atoms with E-state index < -0.39 is 41.1 Å². The van der Waals surface area contributed by atoms with E-state index >= 15 is 4.39 Å². The number of anilines is 2. The van der Waals surface area contributed by atoms with Crippen LogP contribution in [0.3, 0.4) is 0 Å². The zero-order valence-corrected chi connectivity index (χ0v) is 25.3. The van der Waals surface area contributed by atoms with E-state index in [2.05, 4.69) is 42.0 Å². The van der Waals surface area contributed by atoms with Crippen LogP contribution in [0.5, 0.6) is 5.75 Å². The number of halogens is 4. The van der Waals surface area contributed by atoms with Gasteiger partial charge in [-0.25, -0.2) is 18.2 Å². The standard InChI is InChI=1S/C31H35BrF3N3O3/c1-18-27(22-14-19(32)10-11-24(22)36-29(18)38-13-7-8-20(33)17-38)30(40)37-28-23(35)15-21(34)16-25(28)41-26(39)9-5-6-12-31(2,3)4/h10-11,14-16,20H,5-9,12-13,17H2,1-4H3,(H,37,40). The van der Waals surface area contributed by atoms with Gasteiger partial charge in [0.05, 0.1) is 17.6 Å². The van der Waals surface area contributed by atoms with E-state index in [1.165, 1.54) is 0 Å². The molecule has 2 heterocycles. The van der Waals surface area contributed by atoms with Crippen LogP contribution in [-0.2, 0) is 4.79 Å². The molecule has 1 atom stereocenters. The van der Waals surface area contributed by atoms with Gasteiger partial charge in [-0.1, -0.05) is 43.1 Å². The molecule has 3 aromatic rings. The van der Waals surface area contributed by atoms with Crippen LogP contribution in [-0.4, -0.2) is 36.1 Å². The Morgan fingerprint density at radius 1 is 1.17 bits per heavy atom. The molecule has 0 saturated carbocycles. The fourth-order valence-electron chi connectivity index (χ4n) is 5.06. The van der Waals surface area contributed by atoms with Crippen LogP contribution in [0.25, 0.3) is 10.9 Å². The van der Waals surface area contributed by atoms with Crippen molar-refractivity contribution in [3.8, 4) is 5.75 Å². The smallest absolute Gasteiger partial charge is 0.311 e. The van der Waals surface area contributed by atoms with Crippen molar-refractivity contribution >= 4 is 50.2 Å². The number of ether oxygens (including phenoxy) is 1. The van der Waals surface area contributed by atoms with E-state index in [9.17, 15) is 18.4 Å². The number of benzene rings is 2. The van der Waals surface area contributed by atoms with Gasteiger partial charge in [0.1, 0.15) is 23.5 Å². The average molecular weight is 635 g/mol. The second-order valence-electron chi connectivity index (χ2n) is 11.7. The van der Waals surface area contributed by atoms with Crippen molar-refractivity contribution in [2.24, 2.45) is 5.41 Å². The van der Waals surface area contributed by atoms with Gasteiger partial charge in [0.2, 0.25) is 0 Å². The summed E-state index contributed by atoms with van der Waals surface area (Å²) in [7, 11) is 0. The third kappa shape index (κ3) is 7.78. The first kappa shape index (κ1) is 30.8. The summed E-state index contributed by atoms with van der Waals surface area (Å²) in [6.07, 6.45) is 2.44. The van der Waals surface area contributed by atoms with Gasteiger partial charge in [-0.2, -0.15) is 0 Å². The second-order valence-corrected chi connectivity index (χ2v) is 12.7. The Morgan fingerprint density at radius 3 is 2.63 bits per heavy atom. The molecule has 1 aliphatic rings. The molecule has 2 aromatic carbocycles. The average Bonchev–Trinajstić information content (AvgIpc) is 2.87. The number of alkyl halides is 1. The minimum Gasteiger partial charge on any atom is -0.424 e.